The molecule has 0 bridgehead atoms. The summed E-state index contributed by atoms with van der Waals surface area (Å²) in [5.41, 5.74) is 5.78. The molecule has 18 nitrogen and oxygen atoms in total. The molecule has 5 aliphatic rings. The summed E-state index contributed by atoms with van der Waals surface area (Å²) < 4.78 is 30.0. The second-order valence-corrected chi connectivity index (χ2v) is 23.4. The fourth-order valence-electron chi connectivity index (χ4n) is 11.7. The summed E-state index contributed by atoms with van der Waals surface area (Å²) in [6.45, 7) is 13.3. The lowest BCUT2D eigenvalue weighted by molar-refractivity contribution is -0.151. The number of ether oxygens (including phenoxy) is 5. The molecule has 18 heteroatoms. The van der Waals surface area contributed by atoms with Gasteiger partial charge in [-0.05, 0) is 118 Å². The number of aliphatic hydroxyl groups excluding tert-OH is 2. The number of esters is 1. The topological polar surface area (TPSA) is 252 Å². The molecule has 3 aromatic rings. The maximum Gasteiger partial charge on any atom is 0.407 e. The van der Waals surface area contributed by atoms with Crippen molar-refractivity contribution < 1.29 is 62.7 Å². The van der Waals surface area contributed by atoms with Crippen molar-refractivity contribution in [3.05, 3.63) is 125 Å². The van der Waals surface area contributed by atoms with Crippen molar-refractivity contribution in [3.63, 3.8) is 0 Å². The zero-order chi connectivity index (χ0) is 58.7. The van der Waals surface area contributed by atoms with Gasteiger partial charge in [0.2, 0.25) is 23.6 Å². The lowest BCUT2D eigenvalue weighted by Gasteiger charge is -2.39. The van der Waals surface area contributed by atoms with E-state index in [1.165, 1.54) is 12.2 Å². The molecule has 0 aromatic heterocycles. The molecule has 3 heterocycles. The summed E-state index contributed by atoms with van der Waals surface area (Å²) in [5, 5.41) is 35.2. The molecule has 82 heavy (non-hydrogen) atoms. The third-order valence-electron chi connectivity index (χ3n) is 16.5. The van der Waals surface area contributed by atoms with Gasteiger partial charge in [0.1, 0.15) is 42.6 Å². The van der Waals surface area contributed by atoms with Crippen molar-refractivity contribution in [1.29, 1.82) is 0 Å². The molecule has 1 spiro atoms. The van der Waals surface area contributed by atoms with Gasteiger partial charge in [-0.2, -0.15) is 0 Å². The second-order valence-electron chi connectivity index (χ2n) is 23.4. The number of allylic oxidation sites excluding steroid dienone is 2. The van der Waals surface area contributed by atoms with E-state index in [0.29, 0.717) is 62.8 Å². The van der Waals surface area contributed by atoms with E-state index < -0.39 is 60.0 Å². The van der Waals surface area contributed by atoms with Crippen LogP contribution in [0.25, 0.3) is 11.1 Å². The lowest BCUT2D eigenvalue weighted by Crippen LogP contribution is -2.53. The first-order valence-corrected chi connectivity index (χ1v) is 29.2. The van der Waals surface area contributed by atoms with E-state index in [1.54, 1.807) is 39.8 Å². The van der Waals surface area contributed by atoms with Gasteiger partial charge in [0.25, 0.3) is 0 Å². The van der Waals surface area contributed by atoms with Crippen molar-refractivity contribution in [2.45, 2.75) is 191 Å². The maximum atomic E-state index is 13.5. The van der Waals surface area contributed by atoms with E-state index in [0.717, 1.165) is 34.2 Å². The van der Waals surface area contributed by atoms with Gasteiger partial charge in [0.15, 0.2) is 0 Å². The number of anilines is 1. The van der Waals surface area contributed by atoms with Crippen LogP contribution >= 0.6 is 0 Å². The predicted molar refractivity (Wildman–Crippen MR) is 309 cm³/mol. The van der Waals surface area contributed by atoms with Crippen LogP contribution in [0.1, 0.15) is 129 Å². The Morgan fingerprint density at radius 3 is 2.17 bits per heavy atom. The summed E-state index contributed by atoms with van der Waals surface area (Å²) in [6, 6.07) is 21.0. The van der Waals surface area contributed by atoms with Crippen LogP contribution < -0.4 is 26.6 Å². The van der Waals surface area contributed by atoms with Gasteiger partial charge in [-0.25, -0.2) is 4.79 Å². The van der Waals surface area contributed by atoms with Gasteiger partial charge in [-0.1, -0.05) is 117 Å². The standard InChI is InChI=1S/C64H83N5O13/c1-37(2)59(69-63(77)78-35-51-49-17-11-9-15-47(49)48-16-10-12-18-50(48)51)62(76)65-41(6)61(75)68-52-19-13-8-14-43(52)23-31-58(73)82-45-26-24-44(25-27-45)66-57(72)33-46-34-64(36-79-64)60(74)55(81-46)29-21-38(3)20-28-54-39(4)32-53(42(7)80-54)67-56(71)30-22-40(5)70/h8-22,29-30,37,39-42,44-46,51,53-55,59-60,70,74H,23-28,31-36H2,1-7H3,(H,65,76)(H,66,72)(H,67,71)(H,68,75)(H,69,77)/b29-21+,30-22-,38-20+/t39-,40-,41-,42+,44-,45+,46+,53?,54-,55+,59-,60+,64+/m0/s1. The van der Waals surface area contributed by atoms with Gasteiger partial charge in [0.05, 0.1) is 43.5 Å². The van der Waals surface area contributed by atoms with E-state index in [9.17, 15) is 39.0 Å². The number of carbonyl (C=O) groups excluding carboxylic acids is 6. The number of aryl methyl sites for hydroxylation is 1. The Morgan fingerprint density at radius 1 is 0.829 bits per heavy atom. The Balaban J connectivity index is 0.726. The van der Waals surface area contributed by atoms with Gasteiger partial charge >= 0.3 is 12.1 Å². The first-order chi connectivity index (χ1) is 39.2. The Kier molecular flexibility index (Phi) is 21.0. The quantitative estimate of drug-likeness (QED) is 0.0224. The minimum absolute atomic E-state index is 0.0411. The SMILES string of the molecule is CC(/C=C/[C@H]1O[C@H](CC(=O)N[C@H]2CC[C@@H](OC(=O)CCc3ccccc3NC(=O)[C@H](C)NC(=O)[C@@H](NC(=O)OCC3c4ccccc4-c4ccccc43)C(C)C)CC2)C[C@@]2(CO2)[C@@H]1O)=C\C[C@@H]1O[C@H](C)C(NC(=O)/C=C\[C@H](C)O)C[C@@H]1C. The molecule has 5 amide bonds. The van der Waals surface area contributed by atoms with Gasteiger partial charge < -0.3 is 60.5 Å². The highest BCUT2D eigenvalue weighted by Gasteiger charge is 2.58. The Hall–Kier alpha value is -6.70. The molecule has 8 rings (SSSR count). The number of rotatable bonds is 22. The highest BCUT2D eigenvalue weighted by atomic mass is 16.6. The summed E-state index contributed by atoms with van der Waals surface area (Å²) in [5.74, 6) is -2.08. The van der Waals surface area contributed by atoms with E-state index in [4.69, 9.17) is 23.7 Å². The van der Waals surface area contributed by atoms with E-state index in [-0.39, 0.29) is 85.4 Å². The van der Waals surface area contributed by atoms with Crippen molar-refractivity contribution in [2.24, 2.45) is 11.8 Å². The third-order valence-corrected chi connectivity index (χ3v) is 16.5. The van der Waals surface area contributed by atoms with E-state index in [1.807, 2.05) is 74.5 Å². The zero-order valence-corrected chi connectivity index (χ0v) is 48.3. The molecule has 1 saturated carbocycles. The maximum absolute atomic E-state index is 13.5. The average molecular weight is 1130 g/mol. The molecule has 2 aliphatic carbocycles. The van der Waals surface area contributed by atoms with Crippen LogP contribution in [0.3, 0.4) is 0 Å². The Bertz CT molecular complexity index is 2790. The number of fused-ring (bicyclic) bond motifs is 3. The third kappa shape index (κ3) is 16.3. The fourth-order valence-corrected chi connectivity index (χ4v) is 11.7. The van der Waals surface area contributed by atoms with Gasteiger partial charge in [-0.3, -0.25) is 24.0 Å². The second kappa shape index (κ2) is 28.0. The molecule has 3 aromatic carbocycles. The summed E-state index contributed by atoms with van der Waals surface area (Å²) in [4.78, 5) is 79.1. The summed E-state index contributed by atoms with van der Waals surface area (Å²) in [7, 11) is 0. The number of nitrogens with one attached hydrogen (secondary N) is 5. The monoisotopic (exact) mass is 1130 g/mol. The van der Waals surface area contributed by atoms with Gasteiger partial charge in [0, 0.05) is 36.6 Å². The van der Waals surface area contributed by atoms with Crippen LogP contribution in [-0.2, 0) is 54.1 Å². The van der Waals surface area contributed by atoms with Crippen molar-refractivity contribution in [1.82, 2.24) is 21.3 Å². The predicted octanol–water partition coefficient (Wildman–Crippen LogP) is 7.40. The van der Waals surface area contributed by atoms with E-state index in [2.05, 4.69) is 51.7 Å². The van der Waals surface area contributed by atoms with Crippen molar-refractivity contribution in [2.75, 3.05) is 18.5 Å². The Morgan fingerprint density at radius 2 is 1.50 bits per heavy atom. The van der Waals surface area contributed by atoms with Gasteiger partial charge in [-0.15, -0.1) is 0 Å². The molecule has 7 N–H and O–H groups in total. The minimum atomic E-state index is -0.972. The number of aliphatic hydroxyl groups is 2. The molecule has 3 aliphatic heterocycles. The highest BCUT2D eigenvalue weighted by molar-refractivity contribution is 5.98. The van der Waals surface area contributed by atoms with Crippen LogP contribution in [-0.4, -0.2) is 132 Å². The minimum Gasteiger partial charge on any atom is -0.462 e. The smallest absolute Gasteiger partial charge is 0.407 e. The average Bonchev–Trinajstić information content (AvgIpc) is 3.00. The number of amides is 5. The zero-order valence-electron chi connectivity index (χ0n) is 48.3. The van der Waals surface area contributed by atoms with Crippen molar-refractivity contribution >= 4 is 41.4 Å². The molecule has 442 valence electrons. The molecule has 0 radical (unpaired) electrons. The molecular formula is C64H83N5O13. The lowest BCUT2D eigenvalue weighted by atomic mass is 9.87. The van der Waals surface area contributed by atoms with E-state index >= 15 is 0 Å². The molecule has 11 atom stereocenters. The number of benzene rings is 3. The summed E-state index contributed by atoms with van der Waals surface area (Å²) >= 11 is 0. The van der Waals surface area contributed by atoms with Crippen LogP contribution in [0.4, 0.5) is 10.5 Å². The first kappa shape index (κ1) is 61.4. The molecular weight excluding hydrogens is 1050 g/mol. The number of epoxide rings is 1. The largest absolute Gasteiger partial charge is 0.462 e. The highest BCUT2D eigenvalue weighted by Crippen LogP contribution is 2.45. The number of alkyl carbamates (subject to hydrolysis) is 1. The van der Waals surface area contributed by atoms with Crippen LogP contribution in [0, 0.1) is 11.8 Å². The number of hydrogen-bond donors (Lipinski definition) is 7. The number of para-hydroxylation sites is 1. The number of hydrogen-bond acceptors (Lipinski definition) is 13. The first-order valence-electron chi connectivity index (χ1n) is 29.2. The van der Waals surface area contributed by atoms with Crippen LogP contribution in [0.2, 0.25) is 0 Å². The fraction of sp³-hybridized carbons (Fsp3) is 0.531. The normalized spacial score (nSPS) is 27.2. The van der Waals surface area contributed by atoms with Crippen LogP contribution in [0.5, 0.6) is 0 Å². The van der Waals surface area contributed by atoms with Crippen molar-refractivity contribution in [3.8, 4) is 11.1 Å². The Labute approximate surface area is 481 Å². The molecule has 3 saturated heterocycles. The summed E-state index contributed by atoms with van der Waals surface area (Å²) in [6.07, 6.45) is 9.38. The van der Waals surface area contributed by atoms with Crippen LogP contribution in [0.15, 0.2) is 109 Å². The number of carbonyl (C=O) groups is 6. The molecule has 4 fully saturated rings. The molecule has 1 unspecified atom stereocenters.